The van der Waals surface area contributed by atoms with Crippen LogP contribution in [0.5, 0.6) is 0 Å². The average Bonchev–Trinajstić information content (AvgIpc) is 2.36. The van der Waals surface area contributed by atoms with Crippen molar-refractivity contribution in [2.45, 2.75) is 31.8 Å². The quantitative estimate of drug-likeness (QED) is 0.734. The Morgan fingerprint density at radius 1 is 1.40 bits per heavy atom. The predicted octanol–water partition coefficient (Wildman–Crippen LogP) is 1.27. The van der Waals surface area contributed by atoms with Crippen molar-refractivity contribution in [2.24, 2.45) is 0 Å². The fraction of sp³-hybridized carbons (Fsp3) is 0.429. The molecular weight excluding hydrogens is 265 g/mol. The normalized spacial score (nSPS) is 15.2. The van der Waals surface area contributed by atoms with Gasteiger partial charge in [0, 0.05) is 6.42 Å². The number of rotatable bonds is 6. The highest BCUT2D eigenvalue weighted by Crippen LogP contribution is 2.21. The van der Waals surface area contributed by atoms with Crippen LogP contribution >= 0.6 is 0 Å². The summed E-state index contributed by atoms with van der Waals surface area (Å²) in [5, 5.41) is 20.5. The van der Waals surface area contributed by atoms with Crippen molar-refractivity contribution in [3.63, 3.8) is 0 Å². The Hall–Kier alpha value is -1.95. The van der Waals surface area contributed by atoms with Crippen LogP contribution in [0.1, 0.15) is 31.7 Å². The Kier molecular flexibility index (Phi) is 5.21. The summed E-state index contributed by atoms with van der Waals surface area (Å²) in [7, 11) is 0. The molecule has 0 spiro atoms. The summed E-state index contributed by atoms with van der Waals surface area (Å²) in [4.78, 5) is 22.3. The minimum atomic E-state index is -2.02. The number of carbonyl (C=O) groups excluding carboxylic acids is 1. The maximum absolute atomic E-state index is 13.5. The van der Waals surface area contributed by atoms with Crippen molar-refractivity contribution in [3.8, 4) is 0 Å². The van der Waals surface area contributed by atoms with Crippen LogP contribution < -0.4 is 5.32 Å². The molecule has 0 saturated heterocycles. The molecule has 0 aliphatic heterocycles. The van der Waals surface area contributed by atoms with E-state index >= 15 is 0 Å². The number of amides is 1. The molecule has 1 rings (SSSR count). The molecule has 0 fully saturated rings. The lowest BCUT2D eigenvalue weighted by molar-refractivity contribution is -0.156. The number of benzene rings is 1. The monoisotopic (exact) mass is 283 g/mol. The first-order valence-electron chi connectivity index (χ1n) is 6.21. The highest BCUT2D eigenvalue weighted by atomic mass is 19.1. The molecule has 1 aromatic carbocycles. The molecule has 0 radical (unpaired) electrons. The third-order valence-corrected chi connectivity index (χ3v) is 3.02. The summed E-state index contributed by atoms with van der Waals surface area (Å²) in [6.45, 7) is 2.40. The zero-order valence-corrected chi connectivity index (χ0v) is 11.4. The summed E-state index contributed by atoms with van der Waals surface area (Å²) in [6, 6.07) is 6.16. The lowest BCUT2D eigenvalue weighted by Gasteiger charge is -2.19. The largest absolute Gasteiger partial charge is 0.479 e. The fourth-order valence-corrected chi connectivity index (χ4v) is 1.68. The molecule has 3 N–H and O–H groups in total. The van der Waals surface area contributed by atoms with Crippen molar-refractivity contribution < 1.29 is 24.2 Å². The lowest BCUT2D eigenvalue weighted by Crippen LogP contribution is -2.46. The van der Waals surface area contributed by atoms with Crippen LogP contribution in [0.4, 0.5) is 4.39 Å². The summed E-state index contributed by atoms with van der Waals surface area (Å²) in [5.74, 6) is -2.58. The van der Waals surface area contributed by atoms with Crippen LogP contribution in [0.3, 0.4) is 0 Å². The van der Waals surface area contributed by atoms with Gasteiger partial charge in [-0.1, -0.05) is 25.1 Å². The first-order chi connectivity index (χ1) is 9.24. The molecule has 0 saturated carbocycles. The first-order valence-corrected chi connectivity index (χ1v) is 6.21. The van der Waals surface area contributed by atoms with Crippen molar-refractivity contribution in [1.29, 1.82) is 0 Å². The molecule has 20 heavy (non-hydrogen) atoms. The number of halogens is 1. The second kappa shape index (κ2) is 6.47. The standard InChI is InChI=1S/C14H18FNO4/c1-9(10-5-3-4-6-11(10)15)7-12(17)16-8-14(2,20)13(18)19/h3-6,9,20H,7-8H2,1-2H3,(H,16,17)(H,18,19). The van der Waals surface area contributed by atoms with Crippen LogP contribution in [0.25, 0.3) is 0 Å². The fourth-order valence-electron chi connectivity index (χ4n) is 1.68. The van der Waals surface area contributed by atoms with E-state index in [0.29, 0.717) is 5.56 Å². The first kappa shape index (κ1) is 16.1. The van der Waals surface area contributed by atoms with Crippen molar-refractivity contribution >= 4 is 11.9 Å². The molecule has 1 amide bonds. The smallest absolute Gasteiger partial charge is 0.337 e. The molecule has 5 nitrogen and oxygen atoms in total. The van der Waals surface area contributed by atoms with Gasteiger partial charge in [0.15, 0.2) is 5.60 Å². The molecule has 0 aromatic heterocycles. The number of hydrogen-bond donors (Lipinski definition) is 3. The molecule has 2 unspecified atom stereocenters. The van der Waals surface area contributed by atoms with Crippen LogP contribution in [0.15, 0.2) is 24.3 Å². The third kappa shape index (κ3) is 4.31. The summed E-state index contributed by atoms with van der Waals surface area (Å²) in [5.41, 5.74) is -1.59. The van der Waals surface area contributed by atoms with Crippen LogP contribution in [0, 0.1) is 5.82 Å². The molecular formula is C14H18FNO4. The van der Waals surface area contributed by atoms with E-state index in [1.165, 1.54) is 6.07 Å². The number of hydrogen-bond acceptors (Lipinski definition) is 3. The van der Waals surface area contributed by atoms with Gasteiger partial charge >= 0.3 is 5.97 Å². The third-order valence-electron chi connectivity index (χ3n) is 3.02. The SMILES string of the molecule is CC(CC(=O)NCC(C)(O)C(=O)O)c1ccccc1F. The minimum Gasteiger partial charge on any atom is -0.479 e. The van der Waals surface area contributed by atoms with Crippen molar-refractivity contribution in [3.05, 3.63) is 35.6 Å². The number of carbonyl (C=O) groups is 2. The van der Waals surface area contributed by atoms with E-state index in [1.807, 2.05) is 0 Å². The zero-order valence-electron chi connectivity index (χ0n) is 11.4. The molecule has 0 bridgehead atoms. The molecule has 6 heteroatoms. The van der Waals surface area contributed by atoms with E-state index in [1.54, 1.807) is 25.1 Å². The van der Waals surface area contributed by atoms with Crippen molar-refractivity contribution in [2.75, 3.05) is 6.54 Å². The topological polar surface area (TPSA) is 86.6 Å². The van der Waals surface area contributed by atoms with Crippen molar-refractivity contribution in [1.82, 2.24) is 5.32 Å². The van der Waals surface area contributed by atoms with Gasteiger partial charge in [-0.25, -0.2) is 9.18 Å². The average molecular weight is 283 g/mol. The Labute approximate surface area is 116 Å². The summed E-state index contributed by atoms with van der Waals surface area (Å²) in [6.07, 6.45) is 0.0105. The van der Waals surface area contributed by atoms with Crippen LogP contribution in [-0.2, 0) is 9.59 Å². The molecule has 0 aliphatic carbocycles. The molecule has 2 atom stereocenters. The summed E-state index contributed by atoms with van der Waals surface area (Å²) >= 11 is 0. The maximum Gasteiger partial charge on any atom is 0.337 e. The van der Waals surface area contributed by atoms with Crippen LogP contribution in [0.2, 0.25) is 0 Å². The zero-order chi connectivity index (χ0) is 15.3. The molecule has 0 heterocycles. The number of carboxylic acid groups (broad SMARTS) is 1. The highest BCUT2D eigenvalue weighted by molar-refractivity contribution is 5.80. The van der Waals surface area contributed by atoms with Gasteiger partial charge in [-0.3, -0.25) is 4.79 Å². The van der Waals surface area contributed by atoms with E-state index in [0.717, 1.165) is 6.92 Å². The number of carboxylic acids is 1. The van der Waals surface area contributed by atoms with E-state index in [2.05, 4.69) is 5.32 Å². The number of nitrogens with one attached hydrogen (secondary N) is 1. The Morgan fingerprint density at radius 3 is 2.55 bits per heavy atom. The Morgan fingerprint density at radius 2 is 2.00 bits per heavy atom. The van der Waals surface area contributed by atoms with Gasteiger partial charge in [0.25, 0.3) is 0 Å². The van der Waals surface area contributed by atoms with Gasteiger partial charge in [-0.2, -0.15) is 0 Å². The number of aliphatic hydroxyl groups is 1. The number of aliphatic carboxylic acids is 1. The molecule has 110 valence electrons. The Balaban J connectivity index is 2.55. The Bertz CT molecular complexity index is 502. The molecule has 0 aliphatic rings. The van der Waals surface area contributed by atoms with Gasteiger partial charge in [-0.05, 0) is 24.5 Å². The van der Waals surface area contributed by atoms with Crippen LogP contribution in [-0.4, -0.2) is 34.2 Å². The second-order valence-corrected chi connectivity index (χ2v) is 4.98. The van der Waals surface area contributed by atoms with Gasteiger partial charge in [0.2, 0.25) is 5.91 Å². The predicted molar refractivity (Wildman–Crippen MR) is 70.7 cm³/mol. The summed E-state index contributed by atoms with van der Waals surface area (Å²) < 4.78 is 13.5. The molecule has 1 aromatic rings. The van der Waals surface area contributed by atoms with Gasteiger partial charge in [-0.15, -0.1) is 0 Å². The van der Waals surface area contributed by atoms with Gasteiger partial charge in [0.05, 0.1) is 6.54 Å². The van der Waals surface area contributed by atoms with E-state index in [9.17, 15) is 19.1 Å². The van der Waals surface area contributed by atoms with Gasteiger partial charge in [0.1, 0.15) is 5.82 Å². The van der Waals surface area contributed by atoms with E-state index in [4.69, 9.17) is 5.11 Å². The lowest BCUT2D eigenvalue weighted by atomic mass is 9.97. The highest BCUT2D eigenvalue weighted by Gasteiger charge is 2.30. The van der Waals surface area contributed by atoms with E-state index in [-0.39, 0.29) is 18.2 Å². The maximum atomic E-state index is 13.5. The van der Waals surface area contributed by atoms with Gasteiger partial charge < -0.3 is 15.5 Å². The second-order valence-electron chi connectivity index (χ2n) is 4.98. The van der Waals surface area contributed by atoms with E-state index < -0.39 is 24.0 Å². The minimum absolute atomic E-state index is 0.0105.